The lowest BCUT2D eigenvalue weighted by Crippen LogP contribution is -2.49. The van der Waals surface area contributed by atoms with Crippen LogP contribution < -0.4 is 16.1 Å². The van der Waals surface area contributed by atoms with E-state index in [1.807, 2.05) is 20.8 Å². The van der Waals surface area contributed by atoms with Crippen LogP contribution in [0.15, 0.2) is 28.9 Å². The molecule has 1 saturated heterocycles. The highest BCUT2D eigenvalue weighted by atomic mass is 16.8. The first-order valence-electron chi connectivity index (χ1n) is 12.4. The van der Waals surface area contributed by atoms with E-state index < -0.39 is 0 Å². The minimum absolute atomic E-state index is 0.00608. The van der Waals surface area contributed by atoms with Gasteiger partial charge in [-0.1, -0.05) is 32.3 Å². The molecule has 3 N–H and O–H groups in total. The van der Waals surface area contributed by atoms with E-state index in [1.54, 1.807) is 12.3 Å². The van der Waals surface area contributed by atoms with Crippen LogP contribution in [0.5, 0.6) is 0 Å². The molecule has 1 aliphatic carbocycles. The SMILES string of the molecule is CC\C(=N/C=C(C)/C=C/C(=O)NOC1CCCCO1)NC(C)C(=O)N[C@@H](C)C1CCCCC1. The molecule has 0 bridgehead atoms. The van der Waals surface area contributed by atoms with Gasteiger partial charge in [0.1, 0.15) is 11.9 Å². The van der Waals surface area contributed by atoms with Crippen LogP contribution in [-0.4, -0.2) is 42.6 Å². The van der Waals surface area contributed by atoms with Gasteiger partial charge in [-0.15, -0.1) is 0 Å². The van der Waals surface area contributed by atoms with E-state index in [0.717, 1.165) is 30.7 Å². The van der Waals surface area contributed by atoms with Crippen molar-refractivity contribution < 1.29 is 19.2 Å². The maximum atomic E-state index is 12.6. The number of allylic oxidation sites excluding steroid dienone is 2. The molecule has 0 aromatic carbocycles. The van der Waals surface area contributed by atoms with Crippen molar-refractivity contribution in [2.75, 3.05) is 6.61 Å². The van der Waals surface area contributed by atoms with Crippen LogP contribution in [-0.2, 0) is 19.2 Å². The summed E-state index contributed by atoms with van der Waals surface area (Å²) in [5.41, 5.74) is 3.19. The molecule has 2 unspecified atom stereocenters. The van der Waals surface area contributed by atoms with E-state index in [4.69, 9.17) is 9.57 Å². The van der Waals surface area contributed by atoms with Gasteiger partial charge >= 0.3 is 0 Å². The molecule has 1 heterocycles. The Balaban J connectivity index is 1.77. The molecule has 2 fully saturated rings. The topological polar surface area (TPSA) is 101 Å². The van der Waals surface area contributed by atoms with Crippen molar-refractivity contribution in [2.24, 2.45) is 10.9 Å². The molecule has 8 heteroatoms. The van der Waals surface area contributed by atoms with E-state index in [2.05, 4.69) is 28.0 Å². The Morgan fingerprint density at radius 2 is 1.79 bits per heavy atom. The van der Waals surface area contributed by atoms with Gasteiger partial charge in [-0.3, -0.25) is 9.59 Å². The summed E-state index contributed by atoms with van der Waals surface area (Å²) in [7, 11) is 0. The van der Waals surface area contributed by atoms with E-state index in [0.29, 0.717) is 18.9 Å². The number of ether oxygens (including phenoxy) is 1. The van der Waals surface area contributed by atoms with Crippen LogP contribution >= 0.6 is 0 Å². The van der Waals surface area contributed by atoms with Crippen molar-refractivity contribution in [1.29, 1.82) is 0 Å². The number of nitrogens with one attached hydrogen (secondary N) is 3. The molecule has 0 radical (unpaired) electrons. The number of hydrogen-bond acceptors (Lipinski definition) is 5. The third kappa shape index (κ3) is 10.5. The summed E-state index contributed by atoms with van der Waals surface area (Å²) >= 11 is 0. The Kier molecular flexibility index (Phi) is 12.2. The number of carbonyl (C=O) groups excluding carboxylic acids is 2. The van der Waals surface area contributed by atoms with Gasteiger partial charge in [-0.25, -0.2) is 15.3 Å². The molecule has 3 atom stereocenters. The molecule has 8 nitrogen and oxygen atoms in total. The maximum absolute atomic E-state index is 12.6. The second kappa shape index (κ2) is 14.9. The molecule has 186 valence electrons. The van der Waals surface area contributed by atoms with E-state index >= 15 is 0 Å². The number of carbonyl (C=O) groups is 2. The second-order valence-corrected chi connectivity index (χ2v) is 9.08. The summed E-state index contributed by atoms with van der Waals surface area (Å²) in [6.07, 6.45) is 14.1. The first-order valence-corrected chi connectivity index (χ1v) is 12.4. The largest absolute Gasteiger partial charge is 0.362 e. The van der Waals surface area contributed by atoms with Gasteiger partial charge in [0, 0.05) is 37.8 Å². The molecule has 2 rings (SSSR count). The van der Waals surface area contributed by atoms with Crippen molar-refractivity contribution in [2.45, 2.75) is 104 Å². The molecule has 33 heavy (non-hydrogen) atoms. The van der Waals surface area contributed by atoms with Gasteiger partial charge in [0.15, 0.2) is 6.29 Å². The van der Waals surface area contributed by atoms with Gasteiger partial charge in [0.05, 0.1) is 0 Å². The van der Waals surface area contributed by atoms with E-state index in [9.17, 15) is 9.59 Å². The van der Waals surface area contributed by atoms with Gasteiger partial charge in [0.25, 0.3) is 5.91 Å². The van der Waals surface area contributed by atoms with Crippen LogP contribution in [0.25, 0.3) is 0 Å². The highest BCUT2D eigenvalue weighted by molar-refractivity contribution is 5.90. The standard InChI is InChI=1S/C25H42N4O4/c1-5-22(27-20(4)25(31)28-19(3)21-11-7-6-8-12-21)26-17-18(2)14-15-23(30)29-33-24-13-9-10-16-32-24/h14-15,17,19-21,24H,5-13,16H2,1-4H3,(H,26,27)(H,28,31)(H,29,30)/b15-14+,18-17+/t19-,20?,24?/m0/s1. The average molecular weight is 463 g/mol. The van der Waals surface area contributed by atoms with Crippen LogP contribution in [0.4, 0.5) is 0 Å². The van der Waals surface area contributed by atoms with Crippen molar-refractivity contribution in [1.82, 2.24) is 16.1 Å². The summed E-state index contributed by atoms with van der Waals surface area (Å²) in [6.45, 7) is 8.46. The predicted octanol–water partition coefficient (Wildman–Crippen LogP) is 3.89. The number of amidine groups is 1. The highest BCUT2D eigenvalue weighted by Crippen LogP contribution is 2.26. The quantitative estimate of drug-likeness (QED) is 0.150. The first-order chi connectivity index (χ1) is 15.9. The Morgan fingerprint density at radius 3 is 2.45 bits per heavy atom. The van der Waals surface area contributed by atoms with Crippen LogP contribution in [0.3, 0.4) is 0 Å². The fourth-order valence-electron chi connectivity index (χ4n) is 4.04. The predicted molar refractivity (Wildman–Crippen MR) is 130 cm³/mol. The summed E-state index contributed by atoms with van der Waals surface area (Å²) in [5.74, 6) is 0.933. The molecule has 0 aromatic rings. The number of rotatable bonds is 10. The van der Waals surface area contributed by atoms with Crippen molar-refractivity contribution in [3.63, 3.8) is 0 Å². The van der Waals surface area contributed by atoms with Crippen molar-refractivity contribution in [3.05, 3.63) is 23.9 Å². The monoisotopic (exact) mass is 462 g/mol. The molecular weight excluding hydrogens is 420 g/mol. The lowest BCUT2D eigenvalue weighted by molar-refractivity contribution is -0.198. The molecule has 0 spiro atoms. The summed E-state index contributed by atoms with van der Waals surface area (Å²) < 4.78 is 5.41. The Bertz CT molecular complexity index is 707. The van der Waals surface area contributed by atoms with Crippen LogP contribution in [0.1, 0.15) is 85.5 Å². The summed E-state index contributed by atoms with van der Waals surface area (Å²) in [6, 6.07) is -0.180. The molecular formula is C25H42N4O4. The Morgan fingerprint density at radius 1 is 1.06 bits per heavy atom. The number of amides is 2. The highest BCUT2D eigenvalue weighted by Gasteiger charge is 2.23. The van der Waals surface area contributed by atoms with Crippen molar-refractivity contribution in [3.8, 4) is 0 Å². The Hall–Kier alpha value is -2.19. The lowest BCUT2D eigenvalue weighted by atomic mass is 9.84. The summed E-state index contributed by atoms with van der Waals surface area (Å²) in [5, 5.41) is 6.37. The zero-order valence-corrected chi connectivity index (χ0v) is 20.7. The smallest absolute Gasteiger partial charge is 0.267 e. The van der Waals surface area contributed by atoms with Gasteiger partial charge in [-0.05, 0) is 57.9 Å². The number of aliphatic imine (C=N–C) groups is 1. The van der Waals surface area contributed by atoms with Crippen LogP contribution in [0, 0.1) is 5.92 Å². The van der Waals surface area contributed by atoms with E-state index in [1.165, 1.54) is 38.2 Å². The minimum Gasteiger partial charge on any atom is -0.362 e. The van der Waals surface area contributed by atoms with Gasteiger partial charge in [-0.2, -0.15) is 0 Å². The lowest BCUT2D eigenvalue weighted by Gasteiger charge is -2.29. The third-order valence-electron chi connectivity index (χ3n) is 6.19. The number of hydrogen-bond donors (Lipinski definition) is 3. The fourth-order valence-corrected chi connectivity index (χ4v) is 4.04. The fraction of sp³-hybridized carbons (Fsp3) is 0.720. The van der Waals surface area contributed by atoms with Gasteiger partial charge < -0.3 is 15.4 Å². The molecule has 2 amide bonds. The third-order valence-corrected chi connectivity index (χ3v) is 6.19. The average Bonchev–Trinajstić information content (AvgIpc) is 2.84. The van der Waals surface area contributed by atoms with Crippen LogP contribution in [0.2, 0.25) is 0 Å². The van der Waals surface area contributed by atoms with Crippen molar-refractivity contribution >= 4 is 17.6 Å². The molecule has 0 aromatic heterocycles. The maximum Gasteiger partial charge on any atom is 0.267 e. The minimum atomic E-state index is -0.375. The van der Waals surface area contributed by atoms with Gasteiger partial charge in [0.2, 0.25) is 5.91 Å². The normalized spacial score (nSPS) is 22.6. The summed E-state index contributed by atoms with van der Waals surface area (Å²) in [4.78, 5) is 34.2. The first kappa shape index (κ1) is 27.1. The zero-order valence-electron chi connectivity index (χ0n) is 20.7. The zero-order chi connectivity index (χ0) is 24.1. The molecule has 2 aliphatic rings. The number of hydroxylamine groups is 1. The molecule has 1 saturated carbocycles. The Labute approximate surface area is 198 Å². The number of nitrogens with zero attached hydrogens (tertiary/aromatic N) is 1. The van der Waals surface area contributed by atoms with E-state index in [-0.39, 0.29) is 30.2 Å². The molecule has 1 aliphatic heterocycles. The second-order valence-electron chi connectivity index (χ2n) is 9.08.